The molecule has 0 amide bonds. The molecule has 1 N–H and O–H groups in total. The van der Waals surface area contributed by atoms with Crippen molar-refractivity contribution in [1.29, 1.82) is 0 Å². The SMILES string of the molecule is Cc1cc(CN2CC(C)N(C)C(C)C2)oc1CNC(C)C. The average molecular weight is 293 g/mol. The van der Waals surface area contributed by atoms with Crippen LogP contribution in [0.5, 0.6) is 0 Å². The first-order chi connectivity index (χ1) is 9.86. The minimum Gasteiger partial charge on any atom is -0.463 e. The van der Waals surface area contributed by atoms with E-state index in [-0.39, 0.29) is 0 Å². The highest BCUT2D eigenvalue weighted by atomic mass is 16.3. The van der Waals surface area contributed by atoms with Crippen LogP contribution in [0.25, 0.3) is 0 Å². The van der Waals surface area contributed by atoms with E-state index in [1.54, 1.807) is 0 Å². The highest BCUT2D eigenvalue weighted by Gasteiger charge is 2.27. The summed E-state index contributed by atoms with van der Waals surface area (Å²) in [6.07, 6.45) is 0. The Morgan fingerprint density at radius 1 is 1.29 bits per heavy atom. The van der Waals surface area contributed by atoms with E-state index in [9.17, 15) is 0 Å². The molecule has 2 rings (SSSR count). The Morgan fingerprint density at radius 2 is 1.90 bits per heavy atom. The molecule has 0 aromatic carbocycles. The summed E-state index contributed by atoms with van der Waals surface area (Å²) in [5.74, 6) is 2.17. The fourth-order valence-electron chi connectivity index (χ4n) is 3.00. The second kappa shape index (κ2) is 6.95. The van der Waals surface area contributed by atoms with Crippen LogP contribution < -0.4 is 5.32 Å². The normalized spacial score (nSPS) is 24.9. The molecule has 1 aromatic heterocycles. The summed E-state index contributed by atoms with van der Waals surface area (Å²) in [5.41, 5.74) is 1.26. The Morgan fingerprint density at radius 3 is 2.48 bits per heavy atom. The van der Waals surface area contributed by atoms with Crippen LogP contribution in [0.3, 0.4) is 0 Å². The van der Waals surface area contributed by atoms with Crippen molar-refractivity contribution in [2.45, 2.75) is 65.8 Å². The molecule has 21 heavy (non-hydrogen) atoms. The van der Waals surface area contributed by atoms with Gasteiger partial charge in [-0.2, -0.15) is 0 Å². The topological polar surface area (TPSA) is 31.6 Å². The molecule has 120 valence electrons. The van der Waals surface area contributed by atoms with Gasteiger partial charge in [0.25, 0.3) is 0 Å². The van der Waals surface area contributed by atoms with Crippen molar-refractivity contribution in [2.75, 3.05) is 20.1 Å². The third-order valence-electron chi connectivity index (χ3n) is 4.56. The first kappa shape index (κ1) is 16.5. The van der Waals surface area contributed by atoms with Crippen molar-refractivity contribution in [3.05, 3.63) is 23.2 Å². The maximum absolute atomic E-state index is 6.05. The second-order valence-electron chi connectivity index (χ2n) is 6.91. The summed E-state index contributed by atoms with van der Waals surface area (Å²) in [5, 5.41) is 3.43. The van der Waals surface area contributed by atoms with E-state index in [1.165, 1.54) is 5.56 Å². The summed E-state index contributed by atoms with van der Waals surface area (Å²) >= 11 is 0. The Bertz CT molecular complexity index is 443. The zero-order chi connectivity index (χ0) is 15.6. The smallest absolute Gasteiger partial charge is 0.120 e. The van der Waals surface area contributed by atoms with Gasteiger partial charge in [-0.15, -0.1) is 0 Å². The van der Waals surface area contributed by atoms with Crippen LogP contribution in [-0.2, 0) is 13.1 Å². The molecule has 0 saturated carbocycles. The monoisotopic (exact) mass is 293 g/mol. The van der Waals surface area contributed by atoms with Crippen LogP contribution in [0.15, 0.2) is 10.5 Å². The van der Waals surface area contributed by atoms with Gasteiger partial charge < -0.3 is 9.73 Å². The predicted octanol–water partition coefficient (Wildman–Crippen LogP) is 2.61. The fourth-order valence-corrected chi connectivity index (χ4v) is 3.00. The quantitative estimate of drug-likeness (QED) is 0.904. The summed E-state index contributed by atoms with van der Waals surface area (Å²) in [4.78, 5) is 4.97. The van der Waals surface area contributed by atoms with Crippen LogP contribution >= 0.6 is 0 Å². The van der Waals surface area contributed by atoms with Crippen molar-refractivity contribution >= 4 is 0 Å². The third kappa shape index (κ3) is 4.31. The molecule has 2 heterocycles. The van der Waals surface area contributed by atoms with Crippen molar-refractivity contribution in [2.24, 2.45) is 0 Å². The summed E-state index contributed by atoms with van der Waals surface area (Å²) in [7, 11) is 2.22. The van der Waals surface area contributed by atoms with E-state index in [4.69, 9.17) is 4.42 Å². The number of hydrogen-bond donors (Lipinski definition) is 1. The van der Waals surface area contributed by atoms with Gasteiger partial charge >= 0.3 is 0 Å². The molecule has 4 heteroatoms. The molecule has 1 saturated heterocycles. The van der Waals surface area contributed by atoms with Gasteiger partial charge in [-0.25, -0.2) is 0 Å². The molecule has 1 aliphatic heterocycles. The Hall–Kier alpha value is -0.840. The first-order valence-corrected chi connectivity index (χ1v) is 8.12. The highest BCUT2D eigenvalue weighted by molar-refractivity contribution is 5.20. The van der Waals surface area contributed by atoms with Gasteiger partial charge in [0.1, 0.15) is 11.5 Å². The maximum atomic E-state index is 6.05. The van der Waals surface area contributed by atoms with Crippen LogP contribution in [0.2, 0.25) is 0 Å². The molecule has 2 atom stereocenters. The van der Waals surface area contributed by atoms with E-state index >= 15 is 0 Å². The van der Waals surface area contributed by atoms with Gasteiger partial charge in [-0.3, -0.25) is 9.80 Å². The molecule has 1 fully saturated rings. The molecule has 4 nitrogen and oxygen atoms in total. The molecule has 2 unspecified atom stereocenters. The number of furan rings is 1. The summed E-state index contributed by atoms with van der Waals surface area (Å²) in [6, 6.07) is 3.89. The highest BCUT2D eigenvalue weighted by Crippen LogP contribution is 2.20. The first-order valence-electron chi connectivity index (χ1n) is 8.12. The zero-order valence-electron chi connectivity index (χ0n) is 14.4. The molecular formula is C17H31N3O. The number of hydrogen-bond acceptors (Lipinski definition) is 4. The van der Waals surface area contributed by atoms with Crippen LogP contribution in [0.4, 0.5) is 0 Å². The van der Waals surface area contributed by atoms with Crippen molar-refractivity contribution in [3.63, 3.8) is 0 Å². The number of aryl methyl sites for hydroxylation is 1. The van der Waals surface area contributed by atoms with E-state index in [0.29, 0.717) is 18.1 Å². The van der Waals surface area contributed by atoms with Crippen LogP contribution in [0.1, 0.15) is 44.8 Å². The van der Waals surface area contributed by atoms with E-state index in [0.717, 1.165) is 37.7 Å². The van der Waals surface area contributed by atoms with E-state index < -0.39 is 0 Å². The lowest BCUT2D eigenvalue weighted by Crippen LogP contribution is -2.54. The summed E-state index contributed by atoms with van der Waals surface area (Å²) in [6.45, 7) is 15.0. The minimum atomic E-state index is 0.484. The van der Waals surface area contributed by atoms with Gasteiger partial charge in [-0.1, -0.05) is 13.8 Å². The minimum absolute atomic E-state index is 0.484. The molecule has 1 aromatic rings. The predicted molar refractivity (Wildman–Crippen MR) is 87.4 cm³/mol. The number of nitrogens with one attached hydrogen (secondary N) is 1. The van der Waals surface area contributed by atoms with Crippen molar-refractivity contribution < 1.29 is 4.42 Å². The maximum Gasteiger partial charge on any atom is 0.120 e. The number of nitrogens with zero attached hydrogens (tertiary/aromatic N) is 2. The van der Waals surface area contributed by atoms with Gasteiger partial charge in [0.15, 0.2) is 0 Å². The molecule has 0 radical (unpaired) electrons. The Balaban J connectivity index is 1.95. The van der Waals surface area contributed by atoms with Gasteiger partial charge in [0.2, 0.25) is 0 Å². The Kier molecular flexibility index (Phi) is 5.47. The lowest BCUT2D eigenvalue weighted by atomic mass is 10.1. The Labute approximate surface area is 129 Å². The van der Waals surface area contributed by atoms with E-state index in [1.807, 2.05) is 0 Å². The number of piperazine rings is 1. The molecule has 1 aliphatic rings. The van der Waals surface area contributed by atoms with Crippen LogP contribution in [0, 0.1) is 6.92 Å². The average Bonchev–Trinajstić information content (AvgIpc) is 2.73. The third-order valence-corrected chi connectivity index (χ3v) is 4.56. The largest absolute Gasteiger partial charge is 0.463 e. The van der Waals surface area contributed by atoms with Crippen molar-refractivity contribution in [3.8, 4) is 0 Å². The summed E-state index contributed by atoms with van der Waals surface area (Å²) < 4.78 is 6.05. The number of rotatable bonds is 5. The molecule has 0 aliphatic carbocycles. The molecule has 0 spiro atoms. The van der Waals surface area contributed by atoms with Crippen LogP contribution in [-0.4, -0.2) is 48.1 Å². The fraction of sp³-hybridized carbons (Fsp3) is 0.765. The van der Waals surface area contributed by atoms with Gasteiger partial charge in [0, 0.05) is 31.2 Å². The lowest BCUT2D eigenvalue weighted by molar-refractivity contribution is 0.0516. The molecular weight excluding hydrogens is 262 g/mol. The van der Waals surface area contributed by atoms with Gasteiger partial charge in [-0.05, 0) is 39.4 Å². The number of likely N-dealkylation sites (N-methyl/N-ethyl adjacent to an activating group) is 1. The second-order valence-corrected chi connectivity index (χ2v) is 6.91. The van der Waals surface area contributed by atoms with Crippen molar-refractivity contribution in [1.82, 2.24) is 15.1 Å². The lowest BCUT2D eigenvalue weighted by Gasteiger charge is -2.42. The standard InChI is InChI=1S/C17H31N3O/c1-12(2)18-8-17-13(3)7-16(21-17)11-20-9-14(4)19(6)15(5)10-20/h7,12,14-15,18H,8-11H2,1-6H3. The van der Waals surface area contributed by atoms with Gasteiger partial charge in [0.05, 0.1) is 13.1 Å². The zero-order valence-corrected chi connectivity index (χ0v) is 14.4. The van der Waals surface area contributed by atoms with E-state index in [2.05, 4.69) is 62.8 Å². The molecule has 0 bridgehead atoms.